The number of hydrogen-bond acceptors (Lipinski definition) is 1. The maximum atomic E-state index is 11.4. The lowest BCUT2D eigenvalue weighted by Crippen LogP contribution is -2.00. The average molecular weight is 282 g/mol. The van der Waals surface area contributed by atoms with Gasteiger partial charge in [-0.05, 0) is 28.1 Å². The van der Waals surface area contributed by atoms with Gasteiger partial charge in [0.2, 0.25) is 0 Å². The molecule has 70 valence electrons. The Labute approximate surface area is 95.2 Å². The quantitative estimate of drug-likeness (QED) is 0.606. The summed E-state index contributed by atoms with van der Waals surface area (Å²) in [5.74, 6) is 0.295. The monoisotopic (exact) mass is 280 g/mol. The Morgan fingerprint density at radius 1 is 1.46 bits per heavy atom. The SMILES string of the molecule is O=C(CCCl)c1cccc(Br)c1Cl. The largest absolute Gasteiger partial charge is 0.294 e. The lowest BCUT2D eigenvalue weighted by atomic mass is 10.1. The van der Waals surface area contributed by atoms with Crippen molar-refractivity contribution in [1.29, 1.82) is 0 Å². The van der Waals surface area contributed by atoms with Crippen LogP contribution in [-0.2, 0) is 0 Å². The molecule has 0 radical (unpaired) electrons. The maximum Gasteiger partial charge on any atom is 0.165 e. The van der Waals surface area contributed by atoms with Crippen molar-refractivity contribution in [2.24, 2.45) is 0 Å². The Morgan fingerprint density at radius 3 is 2.77 bits per heavy atom. The number of hydrogen-bond donors (Lipinski definition) is 0. The molecule has 0 bridgehead atoms. The van der Waals surface area contributed by atoms with Gasteiger partial charge < -0.3 is 0 Å². The number of Topliss-reactive ketones (excluding diaryl/α,β-unsaturated/α-hetero) is 1. The summed E-state index contributed by atoms with van der Waals surface area (Å²) in [6.45, 7) is 0. The van der Waals surface area contributed by atoms with Crippen LogP contribution in [0.3, 0.4) is 0 Å². The topological polar surface area (TPSA) is 17.1 Å². The van der Waals surface area contributed by atoms with Crippen LogP contribution in [0.15, 0.2) is 22.7 Å². The van der Waals surface area contributed by atoms with E-state index in [9.17, 15) is 4.79 Å². The van der Waals surface area contributed by atoms with Gasteiger partial charge in [-0.1, -0.05) is 17.7 Å². The smallest absolute Gasteiger partial charge is 0.165 e. The van der Waals surface area contributed by atoms with E-state index >= 15 is 0 Å². The van der Waals surface area contributed by atoms with E-state index in [1.807, 2.05) is 0 Å². The zero-order chi connectivity index (χ0) is 9.84. The van der Waals surface area contributed by atoms with Gasteiger partial charge in [0.25, 0.3) is 0 Å². The normalized spacial score (nSPS) is 10.1. The van der Waals surface area contributed by atoms with Crippen LogP contribution in [0.1, 0.15) is 16.8 Å². The third-order valence-electron chi connectivity index (χ3n) is 1.57. The van der Waals surface area contributed by atoms with Crippen molar-refractivity contribution in [3.05, 3.63) is 33.3 Å². The van der Waals surface area contributed by atoms with Crippen LogP contribution in [0.4, 0.5) is 0 Å². The van der Waals surface area contributed by atoms with E-state index in [-0.39, 0.29) is 5.78 Å². The number of benzene rings is 1. The van der Waals surface area contributed by atoms with Crippen molar-refractivity contribution in [2.45, 2.75) is 6.42 Å². The Bertz CT molecular complexity index is 325. The van der Waals surface area contributed by atoms with E-state index < -0.39 is 0 Å². The van der Waals surface area contributed by atoms with Gasteiger partial charge in [-0.2, -0.15) is 0 Å². The molecule has 0 saturated heterocycles. The number of ketones is 1. The van der Waals surface area contributed by atoms with Crippen molar-refractivity contribution >= 4 is 44.9 Å². The minimum absolute atomic E-state index is 0.0266. The lowest BCUT2D eigenvalue weighted by Gasteiger charge is -2.02. The first kappa shape index (κ1) is 11.0. The third kappa shape index (κ3) is 2.70. The van der Waals surface area contributed by atoms with Crippen LogP contribution in [0, 0.1) is 0 Å². The number of carbonyl (C=O) groups is 1. The molecule has 0 aromatic heterocycles. The van der Waals surface area contributed by atoms with Gasteiger partial charge in [0.15, 0.2) is 5.78 Å². The Morgan fingerprint density at radius 2 is 2.15 bits per heavy atom. The van der Waals surface area contributed by atoms with Crippen LogP contribution in [0.25, 0.3) is 0 Å². The summed E-state index contributed by atoms with van der Waals surface area (Å²) in [5.41, 5.74) is 0.525. The summed E-state index contributed by atoms with van der Waals surface area (Å²) in [6, 6.07) is 5.26. The Balaban J connectivity index is 3.01. The molecule has 4 heteroatoms. The second-order valence-electron chi connectivity index (χ2n) is 2.46. The number of rotatable bonds is 3. The molecule has 0 aliphatic heterocycles. The van der Waals surface area contributed by atoms with E-state index in [4.69, 9.17) is 23.2 Å². The predicted octanol–water partition coefficient (Wildman–Crippen LogP) is 3.91. The fraction of sp³-hybridized carbons (Fsp3) is 0.222. The number of halogens is 3. The van der Waals surface area contributed by atoms with Crippen LogP contribution in [-0.4, -0.2) is 11.7 Å². The zero-order valence-electron chi connectivity index (χ0n) is 6.69. The summed E-state index contributed by atoms with van der Waals surface area (Å²) in [7, 11) is 0. The molecule has 0 aliphatic rings. The van der Waals surface area contributed by atoms with E-state index in [1.165, 1.54) is 0 Å². The maximum absolute atomic E-state index is 11.4. The average Bonchev–Trinajstić information content (AvgIpc) is 2.10. The molecule has 1 nitrogen and oxygen atoms in total. The lowest BCUT2D eigenvalue weighted by molar-refractivity contribution is 0.0989. The van der Waals surface area contributed by atoms with Crippen molar-refractivity contribution in [1.82, 2.24) is 0 Å². The molecule has 0 aliphatic carbocycles. The molecular formula is C9H7BrCl2O. The third-order valence-corrected chi connectivity index (χ3v) is 3.06. The molecule has 1 rings (SSSR count). The molecule has 0 spiro atoms. The van der Waals surface area contributed by atoms with Gasteiger partial charge in [-0.3, -0.25) is 4.79 Å². The Hall–Kier alpha value is -0.0500. The van der Waals surface area contributed by atoms with Gasteiger partial charge in [-0.25, -0.2) is 0 Å². The molecular weight excluding hydrogens is 275 g/mol. The van der Waals surface area contributed by atoms with Crippen LogP contribution in [0.5, 0.6) is 0 Å². The predicted molar refractivity (Wildman–Crippen MR) is 58.8 cm³/mol. The first-order chi connectivity index (χ1) is 6.16. The molecule has 0 N–H and O–H groups in total. The summed E-state index contributed by atoms with van der Waals surface area (Å²) < 4.78 is 0.731. The van der Waals surface area contributed by atoms with E-state index in [1.54, 1.807) is 18.2 Å². The Kier molecular flexibility index (Phi) is 4.23. The van der Waals surface area contributed by atoms with Crippen molar-refractivity contribution < 1.29 is 4.79 Å². The first-order valence-electron chi connectivity index (χ1n) is 3.70. The molecule has 13 heavy (non-hydrogen) atoms. The highest BCUT2D eigenvalue weighted by Crippen LogP contribution is 2.26. The zero-order valence-corrected chi connectivity index (χ0v) is 9.79. The van der Waals surface area contributed by atoms with Gasteiger partial charge in [0.05, 0.1) is 5.02 Å². The molecule has 0 saturated carbocycles. The van der Waals surface area contributed by atoms with E-state index in [2.05, 4.69) is 15.9 Å². The van der Waals surface area contributed by atoms with Crippen LogP contribution >= 0.6 is 39.1 Å². The van der Waals surface area contributed by atoms with Gasteiger partial charge in [-0.15, -0.1) is 11.6 Å². The summed E-state index contributed by atoms with van der Waals surface area (Å²) in [6.07, 6.45) is 0.317. The van der Waals surface area contributed by atoms with Gasteiger partial charge in [0.1, 0.15) is 0 Å². The van der Waals surface area contributed by atoms with Crippen molar-refractivity contribution in [2.75, 3.05) is 5.88 Å². The molecule has 1 aromatic carbocycles. The first-order valence-corrected chi connectivity index (χ1v) is 5.40. The molecule has 0 amide bonds. The van der Waals surface area contributed by atoms with Gasteiger partial charge in [0, 0.05) is 22.3 Å². The van der Waals surface area contributed by atoms with Crippen molar-refractivity contribution in [3.8, 4) is 0 Å². The second kappa shape index (κ2) is 4.99. The number of alkyl halides is 1. The highest BCUT2D eigenvalue weighted by molar-refractivity contribution is 9.10. The minimum Gasteiger partial charge on any atom is -0.294 e. The molecule has 0 atom stereocenters. The number of carbonyl (C=O) groups excluding carboxylic acids is 1. The molecule has 0 unspecified atom stereocenters. The second-order valence-corrected chi connectivity index (χ2v) is 4.07. The van der Waals surface area contributed by atoms with Crippen LogP contribution < -0.4 is 0 Å². The van der Waals surface area contributed by atoms with E-state index in [0.717, 1.165) is 4.47 Å². The molecule has 1 aromatic rings. The summed E-state index contributed by atoms with van der Waals surface area (Å²) in [5, 5.41) is 0.456. The molecule has 0 fully saturated rings. The fourth-order valence-corrected chi connectivity index (χ4v) is 1.71. The standard InChI is InChI=1S/C9H7BrCl2O/c10-7-3-1-2-6(9(7)12)8(13)4-5-11/h1-3H,4-5H2. The highest BCUT2D eigenvalue weighted by Gasteiger charge is 2.10. The summed E-state index contributed by atoms with van der Waals surface area (Å²) >= 11 is 14.6. The van der Waals surface area contributed by atoms with Crippen molar-refractivity contribution in [3.63, 3.8) is 0 Å². The summed E-state index contributed by atoms with van der Waals surface area (Å²) in [4.78, 5) is 11.4. The van der Waals surface area contributed by atoms with Gasteiger partial charge >= 0.3 is 0 Å². The van der Waals surface area contributed by atoms with E-state index in [0.29, 0.717) is 22.9 Å². The highest BCUT2D eigenvalue weighted by atomic mass is 79.9. The van der Waals surface area contributed by atoms with Crippen LogP contribution in [0.2, 0.25) is 5.02 Å². The molecule has 0 heterocycles. The fourth-order valence-electron chi connectivity index (χ4n) is 0.940. The minimum atomic E-state index is -0.0266.